The molecule has 3 N–H and O–H groups in total. The third-order valence-corrected chi connectivity index (χ3v) is 2.87. The van der Waals surface area contributed by atoms with Gasteiger partial charge in [-0.3, -0.25) is 15.2 Å². The summed E-state index contributed by atoms with van der Waals surface area (Å²) in [5, 5.41) is 17.4. The molecule has 1 aromatic carbocycles. The number of nitrogens with zero attached hydrogens (tertiary/aromatic N) is 3. The largest absolute Gasteiger partial charge is 0.321 e. The molecular formula is C12H15N5O2. The topological polar surface area (TPSA) is 111 Å². The average molecular weight is 261 g/mol. The minimum Gasteiger partial charge on any atom is -0.321 e. The van der Waals surface area contributed by atoms with Gasteiger partial charge in [-0.15, -0.1) is 0 Å². The first-order valence-electron chi connectivity index (χ1n) is 5.91. The SMILES string of the molecule is CC(C)[C@H](N)c1nc(-c2ccc([N+](=O)[O-])cc2)n[nH]1. The lowest BCUT2D eigenvalue weighted by Crippen LogP contribution is -2.18. The summed E-state index contributed by atoms with van der Waals surface area (Å²) in [6.45, 7) is 4.00. The van der Waals surface area contributed by atoms with Gasteiger partial charge in [0.1, 0.15) is 5.82 Å². The van der Waals surface area contributed by atoms with E-state index in [2.05, 4.69) is 15.2 Å². The number of nitrogens with two attached hydrogens (primary N) is 1. The highest BCUT2D eigenvalue weighted by atomic mass is 16.6. The van der Waals surface area contributed by atoms with Crippen LogP contribution in [0, 0.1) is 16.0 Å². The second-order valence-electron chi connectivity index (χ2n) is 4.62. The normalized spacial score (nSPS) is 12.6. The van der Waals surface area contributed by atoms with Gasteiger partial charge >= 0.3 is 0 Å². The highest BCUT2D eigenvalue weighted by Gasteiger charge is 2.16. The summed E-state index contributed by atoms with van der Waals surface area (Å²) < 4.78 is 0. The van der Waals surface area contributed by atoms with Crippen molar-refractivity contribution in [3.63, 3.8) is 0 Å². The van der Waals surface area contributed by atoms with Crippen molar-refractivity contribution in [1.82, 2.24) is 15.2 Å². The van der Waals surface area contributed by atoms with Crippen molar-refractivity contribution >= 4 is 5.69 Å². The Labute approximate surface area is 110 Å². The first-order valence-corrected chi connectivity index (χ1v) is 5.91. The molecule has 100 valence electrons. The van der Waals surface area contributed by atoms with Crippen LogP contribution in [0.2, 0.25) is 0 Å². The zero-order chi connectivity index (χ0) is 14.0. The second-order valence-corrected chi connectivity index (χ2v) is 4.62. The smallest absolute Gasteiger partial charge is 0.269 e. The number of non-ortho nitro benzene ring substituents is 1. The standard InChI is InChI=1S/C12H15N5O2/c1-7(2)10(13)12-14-11(15-16-12)8-3-5-9(6-4-8)17(18)19/h3-7,10H,13H2,1-2H3,(H,14,15,16)/t10-/m0/s1. The predicted octanol–water partition coefficient (Wildman–Crippen LogP) is 2.04. The van der Waals surface area contributed by atoms with E-state index in [1.54, 1.807) is 12.1 Å². The molecule has 0 saturated carbocycles. The van der Waals surface area contributed by atoms with Crippen LogP contribution in [0.4, 0.5) is 5.69 Å². The summed E-state index contributed by atoms with van der Waals surface area (Å²) in [5.41, 5.74) is 6.72. The van der Waals surface area contributed by atoms with Crippen LogP contribution in [0.25, 0.3) is 11.4 Å². The number of nitrogens with one attached hydrogen (secondary N) is 1. The third kappa shape index (κ3) is 2.76. The minimum absolute atomic E-state index is 0.0402. The molecule has 0 amide bonds. The molecule has 1 heterocycles. The highest BCUT2D eigenvalue weighted by Crippen LogP contribution is 2.21. The Morgan fingerprint density at radius 1 is 1.32 bits per heavy atom. The molecule has 1 aromatic heterocycles. The summed E-state index contributed by atoms with van der Waals surface area (Å²) >= 11 is 0. The molecule has 2 rings (SSSR count). The van der Waals surface area contributed by atoms with Crippen LogP contribution >= 0.6 is 0 Å². The second kappa shape index (κ2) is 5.15. The molecule has 0 aliphatic rings. The van der Waals surface area contributed by atoms with Gasteiger partial charge in [-0.1, -0.05) is 13.8 Å². The van der Waals surface area contributed by atoms with Gasteiger partial charge in [0.25, 0.3) is 5.69 Å². The molecule has 1 atom stereocenters. The Hall–Kier alpha value is -2.28. The number of rotatable bonds is 4. The van der Waals surface area contributed by atoms with Crippen LogP contribution in [0.3, 0.4) is 0 Å². The van der Waals surface area contributed by atoms with E-state index in [9.17, 15) is 10.1 Å². The number of benzene rings is 1. The van der Waals surface area contributed by atoms with Crippen LogP contribution in [0.5, 0.6) is 0 Å². The first-order chi connectivity index (χ1) is 8.99. The van der Waals surface area contributed by atoms with Crippen LogP contribution < -0.4 is 5.73 Å². The molecule has 0 aliphatic carbocycles. The van der Waals surface area contributed by atoms with Crippen molar-refractivity contribution in [2.75, 3.05) is 0 Å². The van der Waals surface area contributed by atoms with E-state index in [0.717, 1.165) is 0 Å². The first kappa shape index (κ1) is 13.2. The molecule has 0 aliphatic heterocycles. The molecule has 0 fully saturated rings. The van der Waals surface area contributed by atoms with E-state index in [0.29, 0.717) is 17.2 Å². The Morgan fingerprint density at radius 2 is 1.95 bits per heavy atom. The lowest BCUT2D eigenvalue weighted by atomic mass is 10.1. The van der Waals surface area contributed by atoms with Gasteiger partial charge < -0.3 is 5.73 Å². The lowest BCUT2D eigenvalue weighted by Gasteiger charge is -2.11. The maximum Gasteiger partial charge on any atom is 0.269 e. The van der Waals surface area contributed by atoms with E-state index in [1.165, 1.54) is 12.1 Å². The van der Waals surface area contributed by atoms with Crippen LogP contribution in [0.1, 0.15) is 25.7 Å². The maximum absolute atomic E-state index is 10.6. The summed E-state index contributed by atoms with van der Waals surface area (Å²) in [6.07, 6.45) is 0. The molecule has 0 saturated heterocycles. The lowest BCUT2D eigenvalue weighted by molar-refractivity contribution is -0.384. The average Bonchev–Trinajstić information content (AvgIpc) is 2.87. The molecular weight excluding hydrogens is 246 g/mol. The van der Waals surface area contributed by atoms with E-state index >= 15 is 0 Å². The number of H-pyrrole nitrogens is 1. The molecule has 7 heteroatoms. The monoisotopic (exact) mass is 261 g/mol. The van der Waals surface area contributed by atoms with Crippen molar-refractivity contribution in [3.8, 4) is 11.4 Å². The third-order valence-electron chi connectivity index (χ3n) is 2.87. The van der Waals surface area contributed by atoms with Gasteiger partial charge in [-0.2, -0.15) is 5.10 Å². The van der Waals surface area contributed by atoms with E-state index in [1.807, 2.05) is 13.8 Å². The zero-order valence-electron chi connectivity index (χ0n) is 10.7. The number of aromatic nitrogens is 3. The summed E-state index contributed by atoms with van der Waals surface area (Å²) in [4.78, 5) is 14.4. The molecule has 0 bridgehead atoms. The Bertz CT molecular complexity index is 576. The number of nitro groups is 1. The Balaban J connectivity index is 2.25. The maximum atomic E-state index is 10.6. The van der Waals surface area contributed by atoms with Crippen LogP contribution in [-0.4, -0.2) is 20.1 Å². The highest BCUT2D eigenvalue weighted by molar-refractivity contribution is 5.56. The zero-order valence-corrected chi connectivity index (χ0v) is 10.7. The number of nitro benzene ring substituents is 1. The van der Waals surface area contributed by atoms with Gasteiger partial charge in [0.05, 0.1) is 11.0 Å². The minimum atomic E-state index is -0.443. The van der Waals surface area contributed by atoms with Crippen molar-refractivity contribution in [3.05, 3.63) is 40.2 Å². The van der Waals surface area contributed by atoms with Gasteiger partial charge in [-0.25, -0.2) is 4.98 Å². The van der Waals surface area contributed by atoms with Gasteiger partial charge in [0.15, 0.2) is 5.82 Å². The summed E-state index contributed by atoms with van der Waals surface area (Å²) in [7, 11) is 0. The molecule has 2 aromatic rings. The number of hydrogen-bond donors (Lipinski definition) is 2. The van der Waals surface area contributed by atoms with Crippen LogP contribution in [-0.2, 0) is 0 Å². The molecule has 19 heavy (non-hydrogen) atoms. The van der Waals surface area contributed by atoms with Crippen molar-refractivity contribution in [1.29, 1.82) is 0 Å². The Kier molecular flexibility index (Phi) is 3.57. The van der Waals surface area contributed by atoms with Crippen molar-refractivity contribution in [2.45, 2.75) is 19.9 Å². The molecule has 0 radical (unpaired) electrons. The van der Waals surface area contributed by atoms with Gasteiger partial charge in [0, 0.05) is 17.7 Å². The molecule has 0 unspecified atom stereocenters. The van der Waals surface area contributed by atoms with E-state index in [4.69, 9.17) is 5.73 Å². The molecule has 7 nitrogen and oxygen atoms in total. The fourth-order valence-electron chi connectivity index (χ4n) is 1.60. The van der Waals surface area contributed by atoms with Gasteiger partial charge in [-0.05, 0) is 18.1 Å². The van der Waals surface area contributed by atoms with E-state index < -0.39 is 4.92 Å². The van der Waals surface area contributed by atoms with Gasteiger partial charge in [0.2, 0.25) is 0 Å². The Morgan fingerprint density at radius 3 is 2.47 bits per heavy atom. The summed E-state index contributed by atoms with van der Waals surface area (Å²) in [6, 6.07) is 5.87. The fraction of sp³-hybridized carbons (Fsp3) is 0.333. The van der Waals surface area contributed by atoms with Crippen molar-refractivity contribution in [2.24, 2.45) is 11.7 Å². The summed E-state index contributed by atoms with van der Waals surface area (Å²) in [5.74, 6) is 1.35. The predicted molar refractivity (Wildman–Crippen MR) is 70.2 cm³/mol. The van der Waals surface area contributed by atoms with Crippen molar-refractivity contribution < 1.29 is 4.92 Å². The fourth-order valence-corrected chi connectivity index (χ4v) is 1.60. The quantitative estimate of drug-likeness (QED) is 0.646. The molecule has 0 spiro atoms. The van der Waals surface area contributed by atoms with E-state index in [-0.39, 0.29) is 17.6 Å². The number of aromatic amines is 1. The van der Waals surface area contributed by atoms with Crippen LogP contribution in [0.15, 0.2) is 24.3 Å². The number of hydrogen-bond acceptors (Lipinski definition) is 5.